The van der Waals surface area contributed by atoms with Gasteiger partial charge in [0.2, 0.25) is 0 Å². The summed E-state index contributed by atoms with van der Waals surface area (Å²) in [5.74, 6) is -0.0576. The average molecular weight is 301 g/mol. The van der Waals surface area contributed by atoms with Gasteiger partial charge in [-0.25, -0.2) is 0 Å². The van der Waals surface area contributed by atoms with Crippen molar-refractivity contribution in [3.05, 3.63) is 53.5 Å². The van der Waals surface area contributed by atoms with E-state index in [4.69, 9.17) is 9.15 Å². The van der Waals surface area contributed by atoms with E-state index >= 15 is 0 Å². The van der Waals surface area contributed by atoms with E-state index in [1.54, 1.807) is 18.4 Å². The van der Waals surface area contributed by atoms with Crippen LogP contribution in [0.5, 0.6) is 0 Å². The Labute approximate surface area is 129 Å². The first-order chi connectivity index (χ1) is 10.5. The van der Waals surface area contributed by atoms with Gasteiger partial charge in [-0.3, -0.25) is 9.59 Å². The Balaban J connectivity index is 1.72. The van der Waals surface area contributed by atoms with Crippen LogP contribution in [0.15, 0.2) is 41.0 Å². The Morgan fingerprint density at radius 2 is 2.00 bits per heavy atom. The van der Waals surface area contributed by atoms with Gasteiger partial charge >= 0.3 is 5.97 Å². The number of aryl methyl sites for hydroxylation is 3. The molecule has 0 saturated carbocycles. The van der Waals surface area contributed by atoms with Crippen molar-refractivity contribution in [3.63, 3.8) is 0 Å². The van der Waals surface area contributed by atoms with Crippen LogP contribution in [0.3, 0.4) is 0 Å². The van der Waals surface area contributed by atoms with E-state index in [-0.39, 0.29) is 18.9 Å². The SMILES string of the molecule is Cc1ccc(NC(=O)COC(=O)CCc2ccco2)cc1C. The van der Waals surface area contributed by atoms with Crippen LogP contribution in [0.2, 0.25) is 0 Å². The molecule has 0 bridgehead atoms. The smallest absolute Gasteiger partial charge is 0.306 e. The molecule has 1 aromatic heterocycles. The first kappa shape index (κ1) is 15.8. The summed E-state index contributed by atoms with van der Waals surface area (Å²) in [6, 6.07) is 9.18. The number of carbonyl (C=O) groups excluding carboxylic acids is 2. The number of esters is 1. The highest BCUT2D eigenvalue weighted by atomic mass is 16.5. The van der Waals surface area contributed by atoms with Crippen LogP contribution < -0.4 is 5.32 Å². The van der Waals surface area contributed by atoms with Gasteiger partial charge in [0.05, 0.1) is 12.7 Å². The molecule has 0 unspecified atom stereocenters. The number of furan rings is 1. The lowest BCUT2D eigenvalue weighted by Crippen LogP contribution is -2.21. The molecule has 22 heavy (non-hydrogen) atoms. The second kappa shape index (κ2) is 7.45. The normalized spacial score (nSPS) is 10.3. The molecule has 0 aliphatic rings. The lowest BCUT2D eigenvalue weighted by atomic mass is 10.1. The molecule has 1 N–H and O–H groups in total. The number of anilines is 1. The molecular formula is C17H19NO4. The van der Waals surface area contributed by atoms with Crippen molar-refractivity contribution in [2.24, 2.45) is 0 Å². The Hall–Kier alpha value is -2.56. The van der Waals surface area contributed by atoms with E-state index < -0.39 is 5.97 Å². The Bertz CT molecular complexity index is 647. The maximum absolute atomic E-state index is 11.7. The van der Waals surface area contributed by atoms with Crippen molar-refractivity contribution in [1.29, 1.82) is 0 Å². The lowest BCUT2D eigenvalue weighted by molar-refractivity contribution is -0.147. The van der Waals surface area contributed by atoms with Gasteiger partial charge in [-0.1, -0.05) is 6.07 Å². The summed E-state index contributed by atoms with van der Waals surface area (Å²) in [4.78, 5) is 23.3. The van der Waals surface area contributed by atoms with Gasteiger partial charge in [0.1, 0.15) is 5.76 Å². The van der Waals surface area contributed by atoms with Gasteiger partial charge in [-0.2, -0.15) is 0 Å². The summed E-state index contributed by atoms with van der Waals surface area (Å²) in [5, 5.41) is 2.70. The van der Waals surface area contributed by atoms with Crippen LogP contribution in [-0.2, 0) is 20.7 Å². The molecule has 1 amide bonds. The van der Waals surface area contributed by atoms with Crippen molar-refractivity contribution in [2.75, 3.05) is 11.9 Å². The molecule has 0 fully saturated rings. The largest absolute Gasteiger partial charge is 0.469 e. The third-order valence-corrected chi connectivity index (χ3v) is 3.31. The molecule has 0 radical (unpaired) electrons. The predicted molar refractivity (Wildman–Crippen MR) is 82.5 cm³/mol. The summed E-state index contributed by atoms with van der Waals surface area (Å²) >= 11 is 0. The number of benzene rings is 1. The topological polar surface area (TPSA) is 68.5 Å². The van der Waals surface area contributed by atoms with Gasteiger partial charge in [0, 0.05) is 12.1 Å². The summed E-state index contributed by atoms with van der Waals surface area (Å²) in [6.45, 7) is 3.69. The molecule has 116 valence electrons. The van der Waals surface area contributed by atoms with Crippen molar-refractivity contribution in [2.45, 2.75) is 26.7 Å². The Kier molecular flexibility index (Phi) is 5.36. The number of hydrogen-bond donors (Lipinski definition) is 1. The third-order valence-electron chi connectivity index (χ3n) is 3.31. The third kappa shape index (κ3) is 4.77. The summed E-state index contributed by atoms with van der Waals surface area (Å²) in [6.07, 6.45) is 2.20. The van der Waals surface area contributed by atoms with Crippen LogP contribution in [-0.4, -0.2) is 18.5 Å². The molecule has 1 heterocycles. The van der Waals surface area contributed by atoms with E-state index in [9.17, 15) is 9.59 Å². The van der Waals surface area contributed by atoms with Crippen LogP contribution in [0.25, 0.3) is 0 Å². The minimum Gasteiger partial charge on any atom is -0.469 e. The van der Waals surface area contributed by atoms with Crippen LogP contribution in [0.1, 0.15) is 23.3 Å². The van der Waals surface area contributed by atoms with Crippen molar-refractivity contribution in [3.8, 4) is 0 Å². The van der Waals surface area contributed by atoms with Gasteiger partial charge in [0.25, 0.3) is 5.91 Å². The highest BCUT2D eigenvalue weighted by Gasteiger charge is 2.09. The standard InChI is InChI=1S/C17H19NO4/c1-12-5-6-14(10-13(12)2)18-16(19)11-22-17(20)8-7-15-4-3-9-21-15/h3-6,9-10H,7-8,11H2,1-2H3,(H,18,19). The zero-order valence-corrected chi connectivity index (χ0v) is 12.7. The second-order valence-corrected chi connectivity index (χ2v) is 5.09. The van der Waals surface area contributed by atoms with E-state index in [2.05, 4.69) is 5.32 Å². The molecule has 2 aromatic rings. The van der Waals surface area contributed by atoms with E-state index in [1.807, 2.05) is 32.0 Å². The molecule has 1 aromatic carbocycles. The number of rotatable bonds is 6. The van der Waals surface area contributed by atoms with Crippen LogP contribution in [0, 0.1) is 13.8 Å². The van der Waals surface area contributed by atoms with Gasteiger partial charge < -0.3 is 14.5 Å². The van der Waals surface area contributed by atoms with Crippen molar-refractivity contribution < 1.29 is 18.7 Å². The minimum absolute atomic E-state index is 0.185. The number of amides is 1. The first-order valence-corrected chi connectivity index (χ1v) is 7.09. The lowest BCUT2D eigenvalue weighted by Gasteiger charge is -2.08. The monoisotopic (exact) mass is 301 g/mol. The Morgan fingerprint density at radius 3 is 2.68 bits per heavy atom. The molecular weight excluding hydrogens is 282 g/mol. The molecule has 0 saturated heterocycles. The van der Waals surface area contributed by atoms with Gasteiger partial charge in [-0.05, 0) is 49.2 Å². The molecule has 5 heteroatoms. The predicted octanol–water partition coefficient (Wildman–Crippen LogP) is 3.01. The van der Waals surface area contributed by atoms with Gasteiger partial charge in [0.15, 0.2) is 6.61 Å². The van der Waals surface area contributed by atoms with Crippen LogP contribution >= 0.6 is 0 Å². The Morgan fingerprint density at radius 1 is 1.18 bits per heavy atom. The average Bonchev–Trinajstić information content (AvgIpc) is 3.00. The summed E-state index contributed by atoms with van der Waals surface area (Å²) in [7, 11) is 0. The highest BCUT2D eigenvalue weighted by molar-refractivity contribution is 5.92. The first-order valence-electron chi connectivity index (χ1n) is 7.09. The molecule has 0 aliphatic heterocycles. The zero-order valence-electron chi connectivity index (χ0n) is 12.7. The maximum atomic E-state index is 11.7. The minimum atomic E-state index is -0.424. The fourth-order valence-electron chi connectivity index (χ4n) is 1.91. The number of nitrogens with one attached hydrogen (secondary N) is 1. The molecule has 5 nitrogen and oxygen atoms in total. The van der Waals surface area contributed by atoms with Crippen LogP contribution in [0.4, 0.5) is 5.69 Å². The molecule has 0 aliphatic carbocycles. The second-order valence-electron chi connectivity index (χ2n) is 5.09. The summed E-state index contributed by atoms with van der Waals surface area (Å²) in [5.41, 5.74) is 2.94. The zero-order chi connectivity index (χ0) is 15.9. The molecule has 2 rings (SSSR count). The van der Waals surface area contributed by atoms with Gasteiger partial charge in [-0.15, -0.1) is 0 Å². The van der Waals surface area contributed by atoms with Crippen molar-refractivity contribution >= 4 is 17.6 Å². The number of ether oxygens (including phenoxy) is 1. The van der Waals surface area contributed by atoms with E-state index in [0.717, 1.165) is 16.9 Å². The quantitative estimate of drug-likeness (QED) is 0.833. The molecule has 0 atom stereocenters. The van der Waals surface area contributed by atoms with E-state index in [0.29, 0.717) is 12.1 Å². The summed E-state index contributed by atoms with van der Waals surface area (Å²) < 4.78 is 10.1. The maximum Gasteiger partial charge on any atom is 0.306 e. The number of carbonyl (C=O) groups is 2. The highest BCUT2D eigenvalue weighted by Crippen LogP contribution is 2.14. The number of hydrogen-bond acceptors (Lipinski definition) is 4. The van der Waals surface area contributed by atoms with E-state index in [1.165, 1.54) is 0 Å². The molecule has 0 spiro atoms. The fourth-order valence-corrected chi connectivity index (χ4v) is 1.91. The fraction of sp³-hybridized carbons (Fsp3) is 0.294. The van der Waals surface area contributed by atoms with Crippen molar-refractivity contribution in [1.82, 2.24) is 0 Å².